The molecule has 7 heteroatoms. The molecule has 3 amide bonds. The molecule has 1 heterocycles. The summed E-state index contributed by atoms with van der Waals surface area (Å²) in [5.74, 6) is 0.616. The summed E-state index contributed by atoms with van der Waals surface area (Å²) in [4.78, 5) is 29.9. The molecule has 1 aliphatic carbocycles. The number of carbonyl (C=O) groups excluding carboxylic acids is 2. The predicted octanol–water partition coefficient (Wildman–Crippen LogP) is 3.93. The molecule has 0 atom stereocenters. The smallest absolute Gasteiger partial charge is 0.315 e. The minimum atomic E-state index is -0.846. The lowest BCUT2D eigenvalue weighted by molar-refractivity contribution is -0.127. The molecule has 4 rings (SSSR count). The van der Waals surface area contributed by atoms with Crippen LogP contribution >= 0.6 is 0 Å². The SMILES string of the molecule is O=C(NCc1ccccc1)NC1(C(=O)NCCCOc2cccc3cccnc23)CCCC1. The van der Waals surface area contributed by atoms with Crippen LogP contribution in [0.15, 0.2) is 66.9 Å². The second-order valence-electron chi connectivity index (χ2n) is 8.37. The fourth-order valence-electron chi connectivity index (χ4n) is 4.25. The third-order valence-electron chi connectivity index (χ3n) is 6.00. The standard InChI is InChI=1S/C26H30N4O3/c31-24(28-17-8-18-33-22-13-6-11-21-12-7-16-27-23(21)22)26(14-4-5-15-26)30-25(32)29-19-20-9-2-1-3-10-20/h1-3,6-7,9-13,16H,4-5,8,14-15,17-19H2,(H,28,31)(H2,29,30,32). The highest BCUT2D eigenvalue weighted by atomic mass is 16.5. The molecule has 1 aliphatic rings. The van der Waals surface area contributed by atoms with Crippen molar-refractivity contribution in [2.24, 2.45) is 0 Å². The Morgan fingerprint density at radius 2 is 1.73 bits per heavy atom. The molecule has 1 fully saturated rings. The second-order valence-corrected chi connectivity index (χ2v) is 8.37. The number of hydrogen-bond donors (Lipinski definition) is 3. The van der Waals surface area contributed by atoms with Crippen LogP contribution in [0.4, 0.5) is 4.79 Å². The van der Waals surface area contributed by atoms with Crippen molar-refractivity contribution < 1.29 is 14.3 Å². The van der Waals surface area contributed by atoms with Gasteiger partial charge in [0.1, 0.15) is 16.8 Å². The summed E-state index contributed by atoms with van der Waals surface area (Å²) in [6, 6.07) is 19.1. The number of ether oxygens (including phenoxy) is 1. The number of para-hydroxylation sites is 1. The van der Waals surface area contributed by atoms with Crippen LogP contribution in [-0.2, 0) is 11.3 Å². The number of nitrogens with one attached hydrogen (secondary N) is 3. The van der Waals surface area contributed by atoms with Gasteiger partial charge in [-0.05, 0) is 37.0 Å². The number of fused-ring (bicyclic) bond motifs is 1. The van der Waals surface area contributed by atoms with Crippen LogP contribution in [0, 0.1) is 0 Å². The van der Waals surface area contributed by atoms with Crippen molar-refractivity contribution in [2.75, 3.05) is 13.2 Å². The topological polar surface area (TPSA) is 92.4 Å². The van der Waals surface area contributed by atoms with Gasteiger partial charge in [0.05, 0.1) is 6.61 Å². The maximum Gasteiger partial charge on any atom is 0.315 e. The Morgan fingerprint density at radius 1 is 0.939 bits per heavy atom. The van der Waals surface area contributed by atoms with E-state index in [1.165, 1.54) is 0 Å². The zero-order valence-corrected chi connectivity index (χ0v) is 18.7. The third-order valence-corrected chi connectivity index (χ3v) is 6.00. The van der Waals surface area contributed by atoms with E-state index in [-0.39, 0.29) is 11.9 Å². The zero-order valence-electron chi connectivity index (χ0n) is 18.7. The van der Waals surface area contributed by atoms with Crippen molar-refractivity contribution in [1.29, 1.82) is 0 Å². The lowest BCUT2D eigenvalue weighted by Gasteiger charge is -2.29. The van der Waals surface area contributed by atoms with Gasteiger partial charge in [0.2, 0.25) is 5.91 Å². The van der Waals surface area contributed by atoms with E-state index in [0.717, 1.165) is 35.1 Å². The highest BCUT2D eigenvalue weighted by Crippen LogP contribution is 2.30. The summed E-state index contributed by atoms with van der Waals surface area (Å²) in [7, 11) is 0. The molecule has 172 valence electrons. The molecule has 33 heavy (non-hydrogen) atoms. The number of aromatic nitrogens is 1. The molecule has 0 bridgehead atoms. The van der Waals surface area contributed by atoms with Crippen molar-refractivity contribution >= 4 is 22.8 Å². The lowest BCUT2D eigenvalue weighted by Crippen LogP contribution is -2.59. The van der Waals surface area contributed by atoms with E-state index in [1.807, 2.05) is 60.7 Å². The Labute approximate surface area is 193 Å². The van der Waals surface area contributed by atoms with Crippen LogP contribution in [0.1, 0.15) is 37.7 Å². The van der Waals surface area contributed by atoms with Gasteiger partial charge in [-0.1, -0.05) is 61.4 Å². The Hall–Kier alpha value is -3.61. The van der Waals surface area contributed by atoms with E-state index >= 15 is 0 Å². The molecule has 3 aromatic rings. The fourth-order valence-corrected chi connectivity index (χ4v) is 4.25. The summed E-state index contributed by atoms with van der Waals surface area (Å²) >= 11 is 0. The number of nitrogens with zero attached hydrogens (tertiary/aromatic N) is 1. The van der Waals surface area contributed by atoms with Gasteiger partial charge in [0, 0.05) is 24.7 Å². The van der Waals surface area contributed by atoms with Gasteiger partial charge < -0.3 is 20.7 Å². The number of benzene rings is 2. The first-order valence-electron chi connectivity index (χ1n) is 11.5. The second kappa shape index (κ2) is 10.8. The van der Waals surface area contributed by atoms with Crippen LogP contribution in [-0.4, -0.2) is 35.6 Å². The molecule has 0 spiro atoms. The molecule has 1 aromatic heterocycles. The minimum Gasteiger partial charge on any atom is -0.491 e. The first-order chi connectivity index (χ1) is 16.2. The quantitative estimate of drug-likeness (QED) is 0.434. The average molecular weight is 447 g/mol. The predicted molar refractivity (Wildman–Crippen MR) is 128 cm³/mol. The van der Waals surface area contributed by atoms with Crippen molar-refractivity contribution in [2.45, 2.75) is 44.2 Å². The Bertz CT molecular complexity index is 1080. The average Bonchev–Trinajstić information content (AvgIpc) is 3.33. The Morgan fingerprint density at radius 3 is 2.55 bits per heavy atom. The summed E-state index contributed by atoms with van der Waals surface area (Å²) in [6.45, 7) is 1.37. The Kier molecular flexibility index (Phi) is 7.40. The van der Waals surface area contributed by atoms with Gasteiger partial charge in [-0.15, -0.1) is 0 Å². The van der Waals surface area contributed by atoms with E-state index in [1.54, 1.807) is 6.20 Å². The number of rotatable bonds is 9. The lowest BCUT2D eigenvalue weighted by atomic mass is 9.96. The number of hydrogen-bond acceptors (Lipinski definition) is 4. The molecule has 3 N–H and O–H groups in total. The number of amides is 3. The number of urea groups is 1. The minimum absolute atomic E-state index is 0.123. The van der Waals surface area contributed by atoms with Crippen molar-refractivity contribution in [3.63, 3.8) is 0 Å². The van der Waals surface area contributed by atoms with Crippen LogP contribution < -0.4 is 20.7 Å². The third kappa shape index (κ3) is 5.80. The van der Waals surface area contributed by atoms with Crippen molar-refractivity contribution in [1.82, 2.24) is 20.9 Å². The van der Waals surface area contributed by atoms with E-state index in [2.05, 4.69) is 20.9 Å². The molecule has 1 saturated carbocycles. The first-order valence-corrected chi connectivity index (χ1v) is 11.5. The van der Waals surface area contributed by atoms with E-state index in [4.69, 9.17) is 4.74 Å². The monoisotopic (exact) mass is 446 g/mol. The summed E-state index contributed by atoms with van der Waals surface area (Å²) in [5, 5.41) is 9.83. The van der Waals surface area contributed by atoms with Gasteiger partial charge in [-0.2, -0.15) is 0 Å². The first kappa shape index (κ1) is 22.6. The van der Waals surface area contributed by atoms with Crippen molar-refractivity contribution in [3.8, 4) is 5.75 Å². The molecule has 0 saturated heterocycles. The van der Waals surface area contributed by atoms with E-state index < -0.39 is 5.54 Å². The van der Waals surface area contributed by atoms with E-state index in [9.17, 15) is 9.59 Å². The molecule has 2 aromatic carbocycles. The van der Waals surface area contributed by atoms with E-state index in [0.29, 0.717) is 39.0 Å². The zero-order chi connectivity index (χ0) is 22.9. The van der Waals surface area contributed by atoms with Gasteiger partial charge in [0.25, 0.3) is 0 Å². The maximum atomic E-state index is 13.0. The van der Waals surface area contributed by atoms with Crippen LogP contribution in [0.3, 0.4) is 0 Å². The molecule has 0 radical (unpaired) electrons. The van der Waals surface area contributed by atoms with Crippen molar-refractivity contribution in [3.05, 3.63) is 72.4 Å². The molecular weight excluding hydrogens is 416 g/mol. The highest BCUT2D eigenvalue weighted by molar-refractivity contribution is 5.91. The van der Waals surface area contributed by atoms with Gasteiger partial charge in [-0.3, -0.25) is 9.78 Å². The summed E-state index contributed by atoms with van der Waals surface area (Å²) < 4.78 is 5.90. The van der Waals surface area contributed by atoms with Gasteiger partial charge in [0.15, 0.2) is 0 Å². The number of carbonyl (C=O) groups is 2. The molecular formula is C26H30N4O3. The van der Waals surface area contributed by atoms with Crippen LogP contribution in [0.2, 0.25) is 0 Å². The fraction of sp³-hybridized carbons (Fsp3) is 0.346. The maximum absolute atomic E-state index is 13.0. The molecule has 0 unspecified atom stereocenters. The van der Waals surface area contributed by atoms with Gasteiger partial charge >= 0.3 is 6.03 Å². The van der Waals surface area contributed by atoms with Gasteiger partial charge in [-0.25, -0.2) is 4.79 Å². The highest BCUT2D eigenvalue weighted by Gasteiger charge is 2.42. The normalized spacial score (nSPS) is 14.5. The summed E-state index contributed by atoms with van der Waals surface area (Å²) in [5.41, 5.74) is 1.000. The van der Waals surface area contributed by atoms with Crippen LogP contribution in [0.25, 0.3) is 10.9 Å². The Balaban J connectivity index is 1.24. The largest absolute Gasteiger partial charge is 0.491 e. The summed E-state index contributed by atoms with van der Waals surface area (Å²) in [6.07, 6.45) is 5.55. The van der Waals surface area contributed by atoms with Crippen LogP contribution in [0.5, 0.6) is 5.75 Å². The number of pyridine rings is 1. The molecule has 0 aliphatic heterocycles. The molecule has 7 nitrogen and oxygen atoms in total.